The first-order chi connectivity index (χ1) is 10.2. The number of morpholine rings is 1. The number of hydrogen-bond acceptors (Lipinski definition) is 5. The fourth-order valence-corrected chi connectivity index (χ4v) is 2.92. The summed E-state index contributed by atoms with van der Waals surface area (Å²) >= 11 is 0. The highest BCUT2D eigenvalue weighted by Gasteiger charge is 2.29. The van der Waals surface area contributed by atoms with Crippen molar-refractivity contribution in [1.82, 2.24) is 25.0 Å². The second-order valence-electron chi connectivity index (χ2n) is 5.92. The highest BCUT2D eigenvalue weighted by molar-refractivity contribution is 5.81. The zero-order chi connectivity index (χ0) is 14.8. The van der Waals surface area contributed by atoms with Gasteiger partial charge in [0.15, 0.2) is 0 Å². The van der Waals surface area contributed by atoms with Crippen LogP contribution in [0.2, 0.25) is 0 Å². The minimum Gasteiger partial charge on any atom is -0.366 e. The van der Waals surface area contributed by atoms with E-state index in [9.17, 15) is 4.79 Å². The molecule has 116 valence electrons. The molecular weight excluding hydrogens is 270 g/mol. The first kappa shape index (κ1) is 14.5. The van der Waals surface area contributed by atoms with Crippen molar-refractivity contribution in [3.05, 3.63) is 11.6 Å². The van der Waals surface area contributed by atoms with E-state index in [1.54, 1.807) is 0 Å². The number of rotatable bonds is 2. The van der Waals surface area contributed by atoms with E-state index in [1.165, 1.54) is 0 Å². The van der Waals surface area contributed by atoms with Crippen molar-refractivity contribution in [2.75, 3.05) is 32.8 Å². The lowest BCUT2D eigenvalue weighted by atomic mass is 10.2. The van der Waals surface area contributed by atoms with E-state index in [0.29, 0.717) is 32.2 Å². The lowest BCUT2D eigenvalue weighted by Gasteiger charge is -2.28. The van der Waals surface area contributed by atoms with Gasteiger partial charge in [0, 0.05) is 45.1 Å². The van der Waals surface area contributed by atoms with Gasteiger partial charge in [0.2, 0.25) is 0 Å². The molecule has 0 aliphatic carbocycles. The highest BCUT2D eigenvalue weighted by Crippen LogP contribution is 2.17. The monoisotopic (exact) mass is 293 g/mol. The molecule has 1 fully saturated rings. The van der Waals surface area contributed by atoms with Gasteiger partial charge in [-0.1, -0.05) is 13.8 Å². The van der Waals surface area contributed by atoms with Gasteiger partial charge in [0.05, 0.1) is 6.61 Å². The molecule has 0 spiro atoms. The van der Waals surface area contributed by atoms with Crippen molar-refractivity contribution in [2.24, 2.45) is 0 Å². The van der Waals surface area contributed by atoms with Crippen LogP contribution in [-0.2, 0) is 22.5 Å². The summed E-state index contributed by atoms with van der Waals surface area (Å²) < 4.78 is 7.73. The van der Waals surface area contributed by atoms with Gasteiger partial charge < -0.3 is 19.5 Å². The smallest absolute Gasteiger partial charge is 0.253 e. The van der Waals surface area contributed by atoms with Crippen molar-refractivity contribution < 1.29 is 9.53 Å². The minimum absolute atomic E-state index is 0.0898. The lowest BCUT2D eigenvalue weighted by Crippen LogP contribution is -2.50. The van der Waals surface area contributed by atoms with Crippen LogP contribution in [0.25, 0.3) is 0 Å². The molecule has 2 aliphatic rings. The molecule has 1 aromatic rings. The van der Waals surface area contributed by atoms with Crippen LogP contribution in [0.3, 0.4) is 0 Å². The average Bonchev–Trinajstić information content (AvgIpc) is 2.80. The Bertz CT molecular complexity index is 507. The van der Waals surface area contributed by atoms with Crippen LogP contribution in [0.1, 0.15) is 31.4 Å². The van der Waals surface area contributed by atoms with Crippen molar-refractivity contribution in [1.29, 1.82) is 0 Å². The molecule has 7 heteroatoms. The number of nitrogens with one attached hydrogen (secondary N) is 1. The van der Waals surface area contributed by atoms with Gasteiger partial charge in [-0.15, -0.1) is 10.2 Å². The largest absolute Gasteiger partial charge is 0.366 e. The molecular formula is C14H23N5O2. The average molecular weight is 293 g/mol. The molecule has 2 aliphatic heterocycles. The molecule has 21 heavy (non-hydrogen) atoms. The minimum atomic E-state index is -0.341. The Hall–Kier alpha value is -1.47. The molecule has 1 aromatic heterocycles. The summed E-state index contributed by atoms with van der Waals surface area (Å²) in [7, 11) is 0. The summed E-state index contributed by atoms with van der Waals surface area (Å²) in [5.74, 6) is 2.43. The van der Waals surface area contributed by atoms with Gasteiger partial charge in [-0.2, -0.15) is 0 Å². The fraction of sp³-hybridized carbons (Fsp3) is 0.786. The van der Waals surface area contributed by atoms with Crippen LogP contribution in [-0.4, -0.2) is 64.5 Å². The maximum atomic E-state index is 12.5. The number of nitrogens with zero attached hydrogens (tertiary/aromatic N) is 4. The van der Waals surface area contributed by atoms with E-state index >= 15 is 0 Å². The molecule has 0 aromatic carbocycles. The Morgan fingerprint density at radius 2 is 2.19 bits per heavy atom. The number of fused-ring (bicyclic) bond motifs is 1. The van der Waals surface area contributed by atoms with Crippen molar-refractivity contribution in [3.8, 4) is 0 Å². The summed E-state index contributed by atoms with van der Waals surface area (Å²) in [5, 5.41) is 11.8. The molecule has 1 saturated heterocycles. The molecule has 0 unspecified atom stereocenters. The van der Waals surface area contributed by atoms with Crippen LogP contribution in [0.15, 0.2) is 0 Å². The Morgan fingerprint density at radius 3 is 2.90 bits per heavy atom. The fourth-order valence-electron chi connectivity index (χ4n) is 2.92. The second kappa shape index (κ2) is 6.11. The van der Waals surface area contributed by atoms with E-state index < -0.39 is 0 Å². The van der Waals surface area contributed by atoms with Crippen LogP contribution < -0.4 is 5.32 Å². The number of carbonyl (C=O) groups is 1. The predicted octanol–water partition coefficient (Wildman–Crippen LogP) is -0.225. The summed E-state index contributed by atoms with van der Waals surface area (Å²) in [6.07, 6.45) is 0.415. The third-order valence-corrected chi connectivity index (χ3v) is 4.09. The van der Waals surface area contributed by atoms with E-state index in [1.807, 2.05) is 4.90 Å². The summed E-state index contributed by atoms with van der Waals surface area (Å²) in [4.78, 5) is 14.4. The zero-order valence-electron chi connectivity index (χ0n) is 12.7. The Balaban J connectivity index is 1.68. The molecule has 3 rings (SSSR count). The molecule has 1 amide bonds. The Labute approximate surface area is 124 Å². The topological polar surface area (TPSA) is 72.3 Å². The number of carbonyl (C=O) groups excluding carboxylic acids is 1. The third kappa shape index (κ3) is 2.94. The van der Waals surface area contributed by atoms with Crippen molar-refractivity contribution in [2.45, 2.75) is 38.8 Å². The van der Waals surface area contributed by atoms with E-state index in [-0.39, 0.29) is 12.0 Å². The molecule has 0 radical (unpaired) electrons. The SMILES string of the molecule is CC(C)c1nnc2n1CCN(C(=O)[C@@H]1CNCCO1)CC2. The Morgan fingerprint density at radius 1 is 1.33 bits per heavy atom. The van der Waals surface area contributed by atoms with Gasteiger partial charge in [0.1, 0.15) is 17.8 Å². The van der Waals surface area contributed by atoms with Crippen LogP contribution >= 0.6 is 0 Å². The van der Waals surface area contributed by atoms with Crippen LogP contribution in [0.5, 0.6) is 0 Å². The zero-order valence-corrected chi connectivity index (χ0v) is 12.7. The van der Waals surface area contributed by atoms with Crippen molar-refractivity contribution >= 4 is 5.91 Å². The lowest BCUT2D eigenvalue weighted by molar-refractivity contribution is -0.145. The normalized spacial score (nSPS) is 23.0. The quantitative estimate of drug-likeness (QED) is 0.816. The van der Waals surface area contributed by atoms with Gasteiger partial charge in [-0.3, -0.25) is 4.79 Å². The van der Waals surface area contributed by atoms with Gasteiger partial charge in [-0.05, 0) is 0 Å². The summed E-state index contributed by atoms with van der Waals surface area (Å²) in [6, 6.07) is 0. The van der Waals surface area contributed by atoms with E-state index in [2.05, 4.69) is 33.9 Å². The molecule has 7 nitrogen and oxygen atoms in total. The first-order valence-corrected chi connectivity index (χ1v) is 7.70. The standard InChI is InChI=1S/C14H23N5O2/c1-10(2)13-17-16-12-3-5-18(6-7-19(12)13)14(20)11-9-15-4-8-21-11/h10-11,15H,3-9H2,1-2H3/t11-/m0/s1. The number of ether oxygens (including phenoxy) is 1. The summed E-state index contributed by atoms with van der Waals surface area (Å²) in [6.45, 7) is 8.42. The number of aromatic nitrogens is 3. The molecule has 3 heterocycles. The first-order valence-electron chi connectivity index (χ1n) is 7.70. The molecule has 1 atom stereocenters. The maximum Gasteiger partial charge on any atom is 0.253 e. The molecule has 0 bridgehead atoms. The van der Waals surface area contributed by atoms with Gasteiger partial charge in [0.25, 0.3) is 5.91 Å². The summed E-state index contributed by atoms with van der Waals surface area (Å²) in [5.41, 5.74) is 0. The maximum absolute atomic E-state index is 12.5. The predicted molar refractivity (Wildman–Crippen MR) is 77.0 cm³/mol. The second-order valence-corrected chi connectivity index (χ2v) is 5.92. The van der Waals surface area contributed by atoms with E-state index in [4.69, 9.17) is 4.74 Å². The molecule has 1 N–H and O–H groups in total. The Kier molecular flexibility index (Phi) is 4.21. The highest BCUT2D eigenvalue weighted by atomic mass is 16.5. The van der Waals surface area contributed by atoms with Gasteiger partial charge >= 0.3 is 0 Å². The number of hydrogen-bond donors (Lipinski definition) is 1. The third-order valence-electron chi connectivity index (χ3n) is 4.09. The van der Waals surface area contributed by atoms with E-state index in [0.717, 1.165) is 31.2 Å². The van der Waals surface area contributed by atoms with Crippen LogP contribution in [0, 0.1) is 0 Å². The molecule has 0 saturated carbocycles. The number of amides is 1. The van der Waals surface area contributed by atoms with Crippen LogP contribution in [0.4, 0.5) is 0 Å². The van der Waals surface area contributed by atoms with Crippen molar-refractivity contribution in [3.63, 3.8) is 0 Å². The van der Waals surface area contributed by atoms with Gasteiger partial charge in [-0.25, -0.2) is 0 Å².